The van der Waals surface area contributed by atoms with Gasteiger partial charge in [0.1, 0.15) is 6.10 Å². The maximum absolute atomic E-state index is 13.1. The van der Waals surface area contributed by atoms with Crippen LogP contribution in [0.15, 0.2) is 18.2 Å². The van der Waals surface area contributed by atoms with E-state index in [4.69, 9.17) is 9.47 Å². The molecule has 6 heteroatoms. The maximum atomic E-state index is 13.1. The lowest BCUT2D eigenvalue weighted by molar-refractivity contribution is -0.161. The zero-order valence-electron chi connectivity index (χ0n) is 11.5. The molecule has 1 aromatic rings. The zero-order chi connectivity index (χ0) is 14.9. The number of carbonyl (C=O) groups excluding carboxylic acids is 1. The van der Waals surface area contributed by atoms with Crippen molar-refractivity contribution in [3.63, 3.8) is 0 Å². The molecule has 0 radical (unpaired) electrons. The molecule has 114 valence electrons. The number of carbonyl (C=O) groups is 1. The Morgan fingerprint density at radius 3 is 2.76 bits per heavy atom. The van der Waals surface area contributed by atoms with Crippen molar-refractivity contribution in [1.29, 1.82) is 0 Å². The van der Waals surface area contributed by atoms with Gasteiger partial charge in [-0.2, -0.15) is 0 Å². The third-order valence-electron chi connectivity index (χ3n) is 3.95. The van der Waals surface area contributed by atoms with Gasteiger partial charge in [0.05, 0.1) is 6.61 Å². The first-order valence-corrected chi connectivity index (χ1v) is 7.13. The number of hydrogen-bond acceptors (Lipinski definition) is 3. The van der Waals surface area contributed by atoms with Crippen molar-refractivity contribution >= 4 is 5.91 Å². The van der Waals surface area contributed by atoms with Crippen molar-refractivity contribution < 1.29 is 23.0 Å². The Balaban J connectivity index is 1.53. The summed E-state index contributed by atoms with van der Waals surface area (Å²) in [6.07, 6.45) is 3.76. The van der Waals surface area contributed by atoms with E-state index in [1.807, 2.05) is 0 Å². The first-order chi connectivity index (χ1) is 10.1. The topological polar surface area (TPSA) is 47.6 Å². The minimum absolute atomic E-state index is 0.0865. The third kappa shape index (κ3) is 3.06. The Hall–Kier alpha value is -1.53. The quantitative estimate of drug-likeness (QED) is 0.932. The Morgan fingerprint density at radius 1 is 1.29 bits per heavy atom. The molecule has 2 fully saturated rings. The summed E-state index contributed by atoms with van der Waals surface area (Å²) in [5.74, 6) is -2.92. The fourth-order valence-electron chi connectivity index (χ4n) is 2.84. The number of nitrogens with one attached hydrogen (secondary N) is 1. The summed E-state index contributed by atoms with van der Waals surface area (Å²) in [5, 5.41) is 2.66. The molecular weight excluding hydrogens is 280 g/mol. The number of halogens is 2. The van der Waals surface area contributed by atoms with E-state index in [1.165, 1.54) is 6.07 Å². The van der Waals surface area contributed by atoms with Gasteiger partial charge in [0, 0.05) is 24.9 Å². The summed E-state index contributed by atoms with van der Waals surface area (Å²) in [7, 11) is 0. The van der Waals surface area contributed by atoms with Crippen LogP contribution in [0.5, 0.6) is 0 Å². The van der Waals surface area contributed by atoms with Crippen LogP contribution in [0.2, 0.25) is 0 Å². The molecule has 4 nitrogen and oxygen atoms in total. The van der Waals surface area contributed by atoms with Gasteiger partial charge in [-0.15, -0.1) is 0 Å². The molecule has 1 unspecified atom stereocenters. The summed E-state index contributed by atoms with van der Waals surface area (Å²) in [6, 6.07) is 3.07. The summed E-state index contributed by atoms with van der Waals surface area (Å²) in [4.78, 5) is 11.9. The minimum Gasteiger partial charge on any atom is -0.349 e. The second-order valence-corrected chi connectivity index (χ2v) is 5.51. The van der Waals surface area contributed by atoms with Gasteiger partial charge in [0.25, 0.3) is 5.91 Å². The monoisotopic (exact) mass is 297 g/mol. The van der Waals surface area contributed by atoms with E-state index in [0.717, 1.165) is 37.8 Å². The van der Waals surface area contributed by atoms with E-state index in [1.54, 1.807) is 0 Å². The van der Waals surface area contributed by atoms with E-state index < -0.39 is 23.3 Å². The average Bonchev–Trinajstić information content (AvgIpc) is 3.10. The Labute approximate surface area is 121 Å². The molecule has 21 heavy (non-hydrogen) atoms. The van der Waals surface area contributed by atoms with Gasteiger partial charge in [-0.3, -0.25) is 4.79 Å². The summed E-state index contributed by atoms with van der Waals surface area (Å²) >= 11 is 0. The third-order valence-corrected chi connectivity index (χ3v) is 3.95. The lowest BCUT2D eigenvalue weighted by Gasteiger charge is -2.21. The van der Waals surface area contributed by atoms with Crippen LogP contribution >= 0.6 is 0 Å². The van der Waals surface area contributed by atoms with Crippen LogP contribution in [0, 0.1) is 11.6 Å². The zero-order valence-corrected chi connectivity index (χ0v) is 11.5. The highest BCUT2D eigenvalue weighted by Crippen LogP contribution is 2.38. The van der Waals surface area contributed by atoms with Crippen molar-refractivity contribution in [3.05, 3.63) is 35.4 Å². The van der Waals surface area contributed by atoms with Crippen LogP contribution in [0.3, 0.4) is 0 Å². The highest BCUT2D eigenvalue weighted by Gasteiger charge is 2.43. The molecule has 1 aliphatic heterocycles. The fraction of sp³-hybridized carbons (Fsp3) is 0.533. The summed E-state index contributed by atoms with van der Waals surface area (Å²) in [5.41, 5.74) is 0.0865. The molecule has 1 amide bonds. The SMILES string of the molecule is O=C(NCC1COC2(CCCC2)O1)c1ccc(F)c(F)c1. The van der Waals surface area contributed by atoms with Crippen molar-refractivity contribution in [3.8, 4) is 0 Å². The van der Waals surface area contributed by atoms with Crippen LogP contribution < -0.4 is 5.32 Å². The Morgan fingerprint density at radius 2 is 2.05 bits per heavy atom. The molecule has 0 aromatic heterocycles. The largest absolute Gasteiger partial charge is 0.349 e. The van der Waals surface area contributed by atoms with Crippen LogP contribution in [-0.4, -0.2) is 30.9 Å². The molecule has 1 aliphatic carbocycles. The van der Waals surface area contributed by atoms with Crippen molar-refractivity contribution in [2.75, 3.05) is 13.2 Å². The van der Waals surface area contributed by atoms with Crippen molar-refractivity contribution in [2.24, 2.45) is 0 Å². The predicted molar refractivity (Wildman–Crippen MR) is 70.7 cm³/mol. The van der Waals surface area contributed by atoms with Gasteiger partial charge in [0.15, 0.2) is 17.4 Å². The van der Waals surface area contributed by atoms with Gasteiger partial charge in [-0.05, 0) is 31.0 Å². The van der Waals surface area contributed by atoms with Gasteiger partial charge in [0.2, 0.25) is 0 Å². The molecule has 2 aliphatic rings. The lowest BCUT2D eigenvalue weighted by Crippen LogP contribution is -2.35. The Kier molecular flexibility index (Phi) is 3.91. The van der Waals surface area contributed by atoms with Crippen LogP contribution in [0.4, 0.5) is 8.78 Å². The molecule has 1 spiro atoms. The van der Waals surface area contributed by atoms with E-state index in [-0.39, 0.29) is 11.7 Å². The van der Waals surface area contributed by atoms with Crippen molar-refractivity contribution in [2.45, 2.75) is 37.6 Å². The van der Waals surface area contributed by atoms with Gasteiger partial charge >= 0.3 is 0 Å². The maximum Gasteiger partial charge on any atom is 0.251 e. The van der Waals surface area contributed by atoms with Crippen LogP contribution in [0.1, 0.15) is 36.0 Å². The average molecular weight is 297 g/mol. The van der Waals surface area contributed by atoms with Crippen LogP contribution in [0.25, 0.3) is 0 Å². The highest BCUT2D eigenvalue weighted by molar-refractivity contribution is 5.94. The highest BCUT2D eigenvalue weighted by atomic mass is 19.2. The molecule has 1 N–H and O–H groups in total. The number of amides is 1. The van der Waals surface area contributed by atoms with E-state index in [2.05, 4.69) is 5.32 Å². The summed E-state index contributed by atoms with van der Waals surface area (Å²) in [6.45, 7) is 0.734. The lowest BCUT2D eigenvalue weighted by atomic mass is 10.2. The normalized spacial score (nSPS) is 23.6. The first-order valence-electron chi connectivity index (χ1n) is 7.13. The predicted octanol–water partition coefficient (Wildman–Crippen LogP) is 2.38. The molecule has 3 rings (SSSR count). The molecule has 1 aromatic carbocycles. The van der Waals surface area contributed by atoms with Crippen molar-refractivity contribution in [1.82, 2.24) is 5.32 Å². The molecule has 1 saturated carbocycles. The number of rotatable bonds is 3. The molecule has 1 atom stereocenters. The minimum atomic E-state index is -1.03. The first kappa shape index (κ1) is 14.4. The summed E-state index contributed by atoms with van der Waals surface area (Å²) < 4.78 is 37.5. The van der Waals surface area contributed by atoms with E-state index in [9.17, 15) is 13.6 Å². The second-order valence-electron chi connectivity index (χ2n) is 5.51. The Bertz CT molecular complexity index is 544. The fourth-order valence-corrected chi connectivity index (χ4v) is 2.84. The number of ether oxygens (including phenoxy) is 2. The smallest absolute Gasteiger partial charge is 0.251 e. The molecule has 1 heterocycles. The molecule has 0 bridgehead atoms. The molecular formula is C15H17F2NO3. The second kappa shape index (κ2) is 5.69. The number of hydrogen-bond donors (Lipinski definition) is 1. The van der Waals surface area contributed by atoms with Gasteiger partial charge < -0.3 is 14.8 Å². The van der Waals surface area contributed by atoms with Crippen LogP contribution in [-0.2, 0) is 9.47 Å². The number of benzene rings is 1. The van der Waals surface area contributed by atoms with Gasteiger partial charge in [-0.25, -0.2) is 8.78 Å². The standard InChI is InChI=1S/C15H17F2NO3/c16-12-4-3-10(7-13(12)17)14(19)18-8-11-9-20-15(21-11)5-1-2-6-15/h3-4,7,11H,1-2,5-6,8-9H2,(H,18,19). The van der Waals surface area contributed by atoms with E-state index in [0.29, 0.717) is 13.2 Å². The van der Waals surface area contributed by atoms with E-state index >= 15 is 0 Å². The molecule has 1 saturated heterocycles. The van der Waals surface area contributed by atoms with Gasteiger partial charge in [-0.1, -0.05) is 0 Å².